The molecule has 1 aromatic carbocycles. The van der Waals surface area contributed by atoms with Gasteiger partial charge in [-0.2, -0.15) is 0 Å². The summed E-state index contributed by atoms with van der Waals surface area (Å²) in [5.41, 5.74) is 1.83. The molecule has 4 atom stereocenters. The fraction of sp³-hybridized carbons (Fsp3) is 0.552. The fourth-order valence-corrected chi connectivity index (χ4v) is 6.85. The maximum absolute atomic E-state index is 13.7. The quantitative estimate of drug-likeness (QED) is 0.603. The van der Waals surface area contributed by atoms with Gasteiger partial charge in [-0.25, -0.2) is 0 Å². The van der Waals surface area contributed by atoms with E-state index >= 15 is 0 Å². The van der Waals surface area contributed by atoms with Gasteiger partial charge in [0.05, 0.1) is 0 Å². The lowest BCUT2D eigenvalue weighted by molar-refractivity contribution is -0.130. The number of carbonyl (C=O) groups is 2. The smallest absolute Gasteiger partial charge is 0.254 e. The number of carbonyl (C=O) groups excluding carboxylic acids is 2. The van der Waals surface area contributed by atoms with E-state index < -0.39 is 0 Å². The van der Waals surface area contributed by atoms with E-state index in [1.54, 1.807) is 11.1 Å². The zero-order valence-corrected chi connectivity index (χ0v) is 20.9. The van der Waals surface area contributed by atoms with Crippen molar-refractivity contribution in [3.8, 4) is 0 Å². The summed E-state index contributed by atoms with van der Waals surface area (Å²) >= 11 is 0. The Morgan fingerprint density at radius 2 is 1.86 bits per heavy atom. The Kier molecular flexibility index (Phi) is 7.47. The van der Waals surface area contributed by atoms with Gasteiger partial charge in [0, 0.05) is 56.6 Å². The SMILES string of the molecule is CN(Cc1cccnc1)C(=O)CCC[C@@H]1[C@H]2CCCN3CCC[C@@H](CN1C(=O)c1ccccc1)[C@@H]23. The van der Waals surface area contributed by atoms with Crippen LogP contribution in [0.15, 0.2) is 54.9 Å². The summed E-state index contributed by atoms with van der Waals surface area (Å²) in [5, 5.41) is 0. The Morgan fingerprint density at radius 3 is 2.63 bits per heavy atom. The lowest BCUT2D eigenvalue weighted by Gasteiger charge is -2.57. The number of amides is 2. The van der Waals surface area contributed by atoms with E-state index in [0.717, 1.165) is 30.5 Å². The van der Waals surface area contributed by atoms with E-state index in [9.17, 15) is 9.59 Å². The molecule has 4 heterocycles. The molecule has 0 bridgehead atoms. The molecule has 0 saturated carbocycles. The van der Waals surface area contributed by atoms with Crippen molar-refractivity contribution in [3.63, 3.8) is 0 Å². The van der Waals surface area contributed by atoms with Crippen molar-refractivity contribution in [3.05, 3.63) is 66.0 Å². The first-order chi connectivity index (χ1) is 17.1. The third-order valence-corrected chi connectivity index (χ3v) is 8.41. The van der Waals surface area contributed by atoms with Gasteiger partial charge in [-0.15, -0.1) is 0 Å². The summed E-state index contributed by atoms with van der Waals surface area (Å²) in [7, 11) is 1.87. The fourth-order valence-electron chi connectivity index (χ4n) is 6.85. The van der Waals surface area contributed by atoms with E-state index in [0.29, 0.717) is 30.8 Å². The van der Waals surface area contributed by atoms with E-state index in [1.807, 2.05) is 55.7 Å². The van der Waals surface area contributed by atoms with Crippen LogP contribution in [0, 0.1) is 11.8 Å². The van der Waals surface area contributed by atoms with Crippen LogP contribution in [0.2, 0.25) is 0 Å². The Labute approximate surface area is 209 Å². The molecule has 0 N–H and O–H groups in total. The van der Waals surface area contributed by atoms with E-state index in [4.69, 9.17) is 0 Å². The molecule has 0 spiro atoms. The molecule has 35 heavy (non-hydrogen) atoms. The topological polar surface area (TPSA) is 56.8 Å². The van der Waals surface area contributed by atoms with Crippen molar-refractivity contribution in [2.45, 2.75) is 63.6 Å². The van der Waals surface area contributed by atoms with Crippen molar-refractivity contribution in [2.75, 3.05) is 26.7 Å². The van der Waals surface area contributed by atoms with Gasteiger partial charge in [-0.3, -0.25) is 19.5 Å². The lowest BCUT2D eigenvalue weighted by Crippen LogP contribution is -2.65. The molecule has 6 nitrogen and oxygen atoms in total. The monoisotopic (exact) mass is 474 g/mol. The molecule has 0 aliphatic carbocycles. The van der Waals surface area contributed by atoms with Gasteiger partial charge in [0.15, 0.2) is 0 Å². The van der Waals surface area contributed by atoms with Crippen LogP contribution in [0.1, 0.15) is 60.9 Å². The second-order valence-corrected chi connectivity index (χ2v) is 10.6. The Balaban J connectivity index is 1.28. The van der Waals surface area contributed by atoms with Crippen molar-refractivity contribution in [1.82, 2.24) is 19.7 Å². The third kappa shape index (κ3) is 5.27. The third-order valence-electron chi connectivity index (χ3n) is 8.41. The standard InChI is InChI=1S/C29H38N4O2/c1-31(20-22-9-6-16-30-19-22)27(34)15-5-14-26-25-13-8-18-32-17-7-12-24(28(25)32)21-33(26)29(35)23-10-3-2-4-11-23/h2-4,6,9-11,16,19,24-26,28H,5,7-8,12-15,17-18,20-21H2,1H3/t24-,25+,26+,28-/m0/s1. The van der Waals surface area contributed by atoms with Gasteiger partial charge in [0.1, 0.15) is 0 Å². The number of piperidine rings is 3. The van der Waals surface area contributed by atoms with Crippen molar-refractivity contribution >= 4 is 11.8 Å². The Morgan fingerprint density at radius 1 is 1.06 bits per heavy atom. The summed E-state index contributed by atoms with van der Waals surface area (Å²) in [6.07, 6.45) is 10.7. The molecule has 186 valence electrons. The zero-order chi connectivity index (χ0) is 24.2. The molecular formula is C29H38N4O2. The molecule has 0 radical (unpaired) electrons. The number of hydrogen-bond acceptors (Lipinski definition) is 4. The molecule has 6 heteroatoms. The summed E-state index contributed by atoms with van der Waals surface area (Å²) in [4.78, 5) is 37.4. The molecule has 5 rings (SSSR count). The van der Waals surface area contributed by atoms with Crippen LogP contribution in [0.4, 0.5) is 0 Å². The molecule has 2 aromatic rings. The van der Waals surface area contributed by atoms with Crippen molar-refractivity contribution < 1.29 is 9.59 Å². The molecular weight excluding hydrogens is 436 g/mol. The first kappa shape index (κ1) is 24.0. The van der Waals surface area contributed by atoms with Gasteiger partial charge >= 0.3 is 0 Å². The molecule has 3 aliphatic heterocycles. The summed E-state index contributed by atoms with van der Waals surface area (Å²) in [6.45, 7) is 3.84. The number of aromatic nitrogens is 1. The predicted octanol–water partition coefficient (Wildman–Crippen LogP) is 4.23. The van der Waals surface area contributed by atoms with Gasteiger partial charge in [-0.1, -0.05) is 24.3 Å². The van der Waals surface area contributed by atoms with Crippen LogP contribution in [0.3, 0.4) is 0 Å². The molecule has 3 aliphatic rings. The van der Waals surface area contributed by atoms with Crippen LogP contribution in [0.25, 0.3) is 0 Å². The second-order valence-electron chi connectivity index (χ2n) is 10.6. The second kappa shape index (κ2) is 10.9. The van der Waals surface area contributed by atoms with Crippen LogP contribution in [-0.4, -0.2) is 70.3 Å². The van der Waals surface area contributed by atoms with E-state index in [-0.39, 0.29) is 17.9 Å². The van der Waals surface area contributed by atoms with Gasteiger partial charge in [0.25, 0.3) is 5.91 Å². The number of hydrogen-bond donors (Lipinski definition) is 0. The minimum absolute atomic E-state index is 0.159. The number of nitrogens with zero attached hydrogens (tertiary/aromatic N) is 4. The molecule has 1 aromatic heterocycles. The van der Waals surface area contributed by atoms with Crippen LogP contribution >= 0.6 is 0 Å². The highest BCUT2D eigenvalue weighted by atomic mass is 16.2. The van der Waals surface area contributed by atoms with Crippen LogP contribution < -0.4 is 0 Å². The van der Waals surface area contributed by atoms with Crippen molar-refractivity contribution in [2.24, 2.45) is 11.8 Å². The number of rotatable bonds is 7. The van der Waals surface area contributed by atoms with Gasteiger partial charge in [-0.05, 0) is 87.2 Å². The first-order valence-electron chi connectivity index (χ1n) is 13.3. The number of pyridine rings is 1. The highest BCUT2D eigenvalue weighted by Crippen LogP contribution is 2.43. The lowest BCUT2D eigenvalue weighted by atomic mass is 9.69. The minimum Gasteiger partial charge on any atom is -0.341 e. The van der Waals surface area contributed by atoms with E-state index in [2.05, 4.69) is 14.8 Å². The largest absolute Gasteiger partial charge is 0.341 e. The average Bonchev–Trinajstić information content (AvgIpc) is 2.90. The van der Waals surface area contributed by atoms with Crippen LogP contribution in [0.5, 0.6) is 0 Å². The summed E-state index contributed by atoms with van der Waals surface area (Å²) < 4.78 is 0. The number of likely N-dealkylation sites (tertiary alicyclic amines) is 1. The average molecular weight is 475 g/mol. The highest BCUT2D eigenvalue weighted by molar-refractivity contribution is 5.94. The maximum Gasteiger partial charge on any atom is 0.254 e. The predicted molar refractivity (Wildman–Crippen MR) is 137 cm³/mol. The summed E-state index contributed by atoms with van der Waals surface area (Å²) in [5.74, 6) is 1.41. The van der Waals surface area contributed by atoms with Crippen LogP contribution in [-0.2, 0) is 11.3 Å². The Bertz CT molecular complexity index is 996. The van der Waals surface area contributed by atoms with E-state index in [1.165, 1.54) is 38.8 Å². The molecule has 3 saturated heterocycles. The molecule has 0 unspecified atom stereocenters. The Hall–Kier alpha value is -2.73. The number of benzene rings is 1. The minimum atomic E-state index is 0.159. The van der Waals surface area contributed by atoms with Gasteiger partial charge in [0.2, 0.25) is 5.91 Å². The van der Waals surface area contributed by atoms with Crippen molar-refractivity contribution in [1.29, 1.82) is 0 Å². The normalized spacial score (nSPS) is 26.1. The zero-order valence-electron chi connectivity index (χ0n) is 20.9. The first-order valence-corrected chi connectivity index (χ1v) is 13.3. The van der Waals surface area contributed by atoms with Gasteiger partial charge < -0.3 is 9.80 Å². The highest BCUT2D eigenvalue weighted by Gasteiger charge is 2.49. The molecule has 2 amide bonds. The molecule has 3 fully saturated rings. The maximum atomic E-state index is 13.7. The summed E-state index contributed by atoms with van der Waals surface area (Å²) in [6, 6.07) is 14.5.